The number of carboxylic acids is 2. The molecule has 0 fully saturated rings. The van der Waals surface area contributed by atoms with Crippen molar-refractivity contribution in [3.63, 3.8) is 0 Å². The summed E-state index contributed by atoms with van der Waals surface area (Å²) in [5.74, 6) is -0.701. The van der Waals surface area contributed by atoms with Crippen molar-refractivity contribution in [2.45, 2.75) is 13.8 Å². The highest BCUT2D eigenvalue weighted by molar-refractivity contribution is 9.09. The molecule has 7 heteroatoms. The first kappa shape index (κ1) is 16.7. The first-order valence-corrected chi connectivity index (χ1v) is 10.1. The molecule has 2 N–H and O–H groups in total. The van der Waals surface area contributed by atoms with Gasteiger partial charge in [-0.15, -0.1) is 11.8 Å². The molecular formula is C12H17BrO4S2. The van der Waals surface area contributed by atoms with E-state index in [0.717, 1.165) is 4.24 Å². The summed E-state index contributed by atoms with van der Waals surface area (Å²) >= 11 is 4.62. The van der Waals surface area contributed by atoms with Gasteiger partial charge in [0, 0.05) is 9.57 Å². The Balaban J connectivity index is 3.72. The Morgan fingerprint density at radius 2 is 1.74 bits per heavy atom. The third-order valence-electron chi connectivity index (χ3n) is 3.24. The Hall–Kier alpha value is -0.400. The second kappa shape index (κ2) is 6.37. The lowest BCUT2D eigenvalue weighted by Gasteiger charge is -2.37. The minimum absolute atomic E-state index is 0.195. The van der Waals surface area contributed by atoms with Gasteiger partial charge in [-0.2, -0.15) is 10.0 Å². The van der Waals surface area contributed by atoms with E-state index < -0.39 is 22.0 Å². The van der Waals surface area contributed by atoms with Crippen LogP contribution in [0.5, 0.6) is 0 Å². The van der Waals surface area contributed by atoms with Crippen molar-refractivity contribution in [1.29, 1.82) is 0 Å². The predicted octanol–water partition coefficient (Wildman–Crippen LogP) is 3.24. The van der Waals surface area contributed by atoms with Crippen LogP contribution in [0.3, 0.4) is 0 Å². The Kier molecular flexibility index (Phi) is 5.58. The fourth-order valence-electron chi connectivity index (χ4n) is 2.42. The van der Waals surface area contributed by atoms with Crippen LogP contribution in [-0.2, 0) is 9.59 Å². The van der Waals surface area contributed by atoms with Gasteiger partial charge in [-0.25, -0.2) is 9.59 Å². The summed E-state index contributed by atoms with van der Waals surface area (Å²) in [7, 11) is -1.71. The van der Waals surface area contributed by atoms with Crippen molar-refractivity contribution in [3.8, 4) is 0 Å². The van der Waals surface area contributed by atoms with Crippen molar-refractivity contribution < 1.29 is 19.8 Å². The highest BCUT2D eigenvalue weighted by atomic mass is 79.9. The summed E-state index contributed by atoms with van der Waals surface area (Å²) in [4.78, 5) is 23.5. The zero-order valence-electron chi connectivity index (χ0n) is 11.0. The van der Waals surface area contributed by atoms with E-state index in [1.165, 1.54) is 11.8 Å². The molecule has 0 aromatic carbocycles. The zero-order valence-corrected chi connectivity index (χ0v) is 14.2. The van der Waals surface area contributed by atoms with Crippen LogP contribution in [0.4, 0.5) is 0 Å². The summed E-state index contributed by atoms with van der Waals surface area (Å²) in [6.45, 7) is 3.88. The molecule has 1 heterocycles. The summed E-state index contributed by atoms with van der Waals surface area (Å²) in [5, 5.41) is 19.2. The van der Waals surface area contributed by atoms with Crippen LogP contribution in [0.25, 0.3) is 0 Å². The highest BCUT2D eigenvalue weighted by Gasteiger charge is 2.45. The molecule has 1 aliphatic heterocycles. The Labute approximate surface area is 126 Å². The lowest BCUT2D eigenvalue weighted by Crippen LogP contribution is -2.14. The lowest BCUT2D eigenvalue weighted by atomic mass is 10.1. The molecule has 0 atom stereocenters. The van der Waals surface area contributed by atoms with Crippen LogP contribution in [0.1, 0.15) is 13.8 Å². The third kappa shape index (κ3) is 2.48. The van der Waals surface area contributed by atoms with Crippen molar-refractivity contribution in [3.05, 3.63) is 20.3 Å². The highest BCUT2D eigenvalue weighted by Crippen LogP contribution is 2.70. The van der Waals surface area contributed by atoms with E-state index in [0.29, 0.717) is 22.0 Å². The predicted molar refractivity (Wildman–Crippen MR) is 85.3 cm³/mol. The number of hydrogen-bond acceptors (Lipinski definition) is 3. The van der Waals surface area contributed by atoms with E-state index in [-0.39, 0.29) is 10.9 Å². The number of rotatable bonds is 6. The minimum Gasteiger partial charge on any atom is -0.478 e. The first-order valence-electron chi connectivity index (χ1n) is 5.74. The molecule has 4 nitrogen and oxygen atoms in total. The second-order valence-electron chi connectivity index (χ2n) is 3.88. The molecule has 0 saturated carbocycles. The summed E-state index contributed by atoms with van der Waals surface area (Å²) < 4.78 is 0.747. The molecule has 108 valence electrons. The van der Waals surface area contributed by atoms with Gasteiger partial charge in [-0.3, -0.25) is 0 Å². The fraction of sp³-hybridized carbons (Fsp3) is 0.500. The number of thioether (sulfide) groups is 1. The molecular weight excluding hydrogens is 352 g/mol. The van der Waals surface area contributed by atoms with Crippen molar-refractivity contribution in [1.82, 2.24) is 0 Å². The molecule has 0 saturated heterocycles. The van der Waals surface area contributed by atoms with Crippen LogP contribution in [0.15, 0.2) is 20.3 Å². The number of hydrogen-bond donors (Lipinski definition) is 2. The van der Waals surface area contributed by atoms with E-state index in [1.54, 1.807) is 0 Å². The van der Waals surface area contributed by atoms with E-state index in [9.17, 15) is 19.8 Å². The standard InChI is InChI=1S/C12H17BrO4S2/c1-4-19(5-2)9(11(16)17)7(6-13)8(10(14)15)12(19)18-3/h4-6H2,1-3H3,(H,14,15)(H,16,17). The first-order chi connectivity index (χ1) is 8.91. The van der Waals surface area contributed by atoms with Crippen LogP contribution >= 0.6 is 37.7 Å². The van der Waals surface area contributed by atoms with Gasteiger partial charge in [0.15, 0.2) is 0 Å². The van der Waals surface area contributed by atoms with E-state index >= 15 is 0 Å². The van der Waals surface area contributed by atoms with Crippen LogP contribution in [-0.4, -0.2) is 45.2 Å². The quantitative estimate of drug-likeness (QED) is 0.703. The van der Waals surface area contributed by atoms with Crippen molar-refractivity contribution >= 4 is 49.7 Å². The second-order valence-corrected chi connectivity index (χ2v) is 9.25. The Morgan fingerprint density at radius 3 is 2.00 bits per heavy atom. The van der Waals surface area contributed by atoms with Crippen molar-refractivity contribution in [2.75, 3.05) is 23.1 Å². The Morgan fingerprint density at radius 1 is 1.21 bits per heavy atom. The number of carboxylic acid groups (broad SMARTS) is 2. The third-order valence-corrected chi connectivity index (χ3v) is 9.92. The molecule has 0 spiro atoms. The van der Waals surface area contributed by atoms with Gasteiger partial charge in [0.2, 0.25) is 0 Å². The monoisotopic (exact) mass is 368 g/mol. The molecule has 0 radical (unpaired) electrons. The van der Waals surface area contributed by atoms with Gasteiger partial charge in [0.25, 0.3) is 0 Å². The van der Waals surface area contributed by atoms with Gasteiger partial charge in [0.05, 0.1) is 10.5 Å². The molecule has 1 aliphatic rings. The molecule has 0 bridgehead atoms. The summed E-state index contributed by atoms with van der Waals surface area (Å²) in [6.07, 6.45) is 1.82. The number of carbonyl (C=O) groups is 2. The average molecular weight is 369 g/mol. The largest absolute Gasteiger partial charge is 0.478 e. The van der Waals surface area contributed by atoms with E-state index in [4.69, 9.17) is 0 Å². The van der Waals surface area contributed by atoms with E-state index in [1.807, 2.05) is 20.1 Å². The van der Waals surface area contributed by atoms with Gasteiger partial charge in [-0.1, -0.05) is 29.8 Å². The normalized spacial score (nSPS) is 19.8. The summed E-state index contributed by atoms with van der Waals surface area (Å²) in [6, 6.07) is 0. The van der Waals surface area contributed by atoms with Crippen molar-refractivity contribution in [2.24, 2.45) is 0 Å². The molecule has 19 heavy (non-hydrogen) atoms. The minimum atomic E-state index is -1.71. The lowest BCUT2D eigenvalue weighted by molar-refractivity contribution is -0.132. The molecule has 0 aromatic heterocycles. The maximum absolute atomic E-state index is 11.6. The molecule has 0 aromatic rings. The van der Waals surface area contributed by atoms with Gasteiger partial charge >= 0.3 is 11.9 Å². The number of aliphatic carboxylic acids is 2. The van der Waals surface area contributed by atoms with Gasteiger partial charge in [0.1, 0.15) is 0 Å². The van der Waals surface area contributed by atoms with Gasteiger partial charge < -0.3 is 10.2 Å². The molecule has 0 aliphatic carbocycles. The van der Waals surface area contributed by atoms with E-state index in [2.05, 4.69) is 15.9 Å². The smallest absolute Gasteiger partial charge is 0.341 e. The topological polar surface area (TPSA) is 74.6 Å². The average Bonchev–Trinajstić information content (AvgIpc) is 2.68. The fourth-order valence-corrected chi connectivity index (χ4v) is 9.09. The van der Waals surface area contributed by atoms with Crippen LogP contribution in [0, 0.1) is 0 Å². The maximum atomic E-state index is 11.6. The van der Waals surface area contributed by atoms with Crippen LogP contribution < -0.4 is 0 Å². The SMILES string of the molecule is CCS1(CC)C(SC)=C(C(=O)O)C(CBr)=C1C(=O)O. The van der Waals surface area contributed by atoms with Crippen LogP contribution in [0.2, 0.25) is 0 Å². The summed E-state index contributed by atoms with van der Waals surface area (Å²) in [5.41, 5.74) is 0.628. The maximum Gasteiger partial charge on any atom is 0.341 e. The number of halogens is 1. The zero-order chi connectivity index (χ0) is 14.8. The van der Waals surface area contributed by atoms with Gasteiger partial charge in [-0.05, 0) is 23.3 Å². The Bertz CT molecular complexity index is 478. The molecule has 0 amide bonds. The number of alkyl halides is 1. The molecule has 1 rings (SSSR count). The molecule has 0 unspecified atom stereocenters.